The molecule has 0 aliphatic carbocycles. The second-order valence-electron chi connectivity index (χ2n) is 3.79. The monoisotopic (exact) mass is 291 g/mol. The van der Waals surface area contributed by atoms with Crippen molar-refractivity contribution >= 4 is 17.7 Å². The van der Waals surface area contributed by atoms with E-state index in [1.807, 2.05) is 0 Å². The molecule has 1 amide bonds. The van der Waals surface area contributed by atoms with Crippen molar-refractivity contribution in [1.82, 2.24) is 0 Å². The molecule has 1 aromatic carbocycles. The Balaban J connectivity index is 2.78. The standard InChI is InChI=1S/C12H12F3NO4/c1-7-8(10(17)19-2)4-3-5-9(7)16-11(18)20-6-12(13,14)15/h3-5H,6H2,1-2H3,(H,16,18). The number of methoxy groups -OCH3 is 1. The highest BCUT2D eigenvalue weighted by atomic mass is 19.4. The van der Waals surface area contributed by atoms with Gasteiger partial charge in [-0.05, 0) is 24.6 Å². The number of hydrogen-bond donors (Lipinski definition) is 1. The second kappa shape index (κ2) is 6.27. The van der Waals surface area contributed by atoms with Gasteiger partial charge in [-0.1, -0.05) is 6.07 Å². The summed E-state index contributed by atoms with van der Waals surface area (Å²) in [6, 6.07) is 4.35. The summed E-state index contributed by atoms with van der Waals surface area (Å²) in [7, 11) is 1.19. The zero-order valence-corrected chi connectivity index (χ0v) is 10.7. The number of halogens is 3. The van der Waals surface area contributed by atoms with Gasteiger partial charge in [0.05, 0.1) is 12.7 Å². The van der Waals surface area contributed by atoms with E-state index in [-0.39, 0.29) is 11.3 Å². The highest BCUT2D eigenvalue weighted by Crippen LogP contribution is 2.20. The maximum atomic E-state index is 11.9. The van der Waals surface area contributed by atoms with Crippen LogP contribution in [-0.4, -0.2) is 32.0 Å². The Morgan fingerprint density at radius 3 is 2.50 bits per heavy atom. The molecule has 0 atom stereocenters. The number of hydrogen-bond acceptors (Lipinski definition) is 4. The molecule has 0 saturated carbocycles. The summed E-state index contributed by atoms with van der Waals surface area (Å²) in [5, 5.41) is 2.13. The molecule has 20 heavy (non-hydrogen) atoms. The molecule has 0 saturated heterocycles. The Bertz CT molecular complexity index is 514. The zero-order valence-electron chi connectivity index (χ0n) is 10.7. The van der Waals surface area contributed by atoms with Gasteiger partial charge in [-0.25, -0.2) is 9.59 Å². The van der Waals surface area contributed by atoms with E-state index in [1.165, 1.54) is 32.2 Å². The van der Waals surface area contributed by atoms with Gasteiger partial charge in [0.15, 0.2) is 6.61 Å². The van der Waals surface area contributed by atoms with Crippen molar-refractivity contribution in [2.24, 2.45) is 0 Å². The first-order chi connectivity index (χ1) is 9.24. The Morgan fingerprint density at radius 2 is 1.95 bits per heavy atom. The maximum absolute atomic E-state index is 11.9. The molecule has 1 rings (SSSR count). The van der Waals surface area contributed by atoms with E-state index in [9.17, 15) is 22.8 Å². The van der Waals surface area contributed by atoms with Crippen LogP contribution in [0.5, 0.6) is 0 Å². The fourth-order valence-electron chi connectivity index (χ4n) is 1.40. The van der Waals surface area contributed by atoms with Gasteiger partial charge in [0.2, 0.25) is 0 Å². The van der Waals surface area contributed by atoms with E-state index in [1.54, 1.807) is 0 Å². The lowest BCUT2D eigenvalue weighted by atomic mass is 10.1. The Kier molecular flexibility index (Phi) is 4.95. The molecule has 1 aromatic rings. The van der Waals surface area contributed by atoms with Crippen molar-refractivity contribution < 1.29 is 32.2 Å². The molecular weight excluding hydrogens is 279 g/mol. The molecule has 0 unspecified atom stereocenters. The average molecular weight is 291 g/mol. The first-order valence-corrected chi connectivity index (χ1v) is 5.43. The van der Waals surface area contributed by atoms with Crippen molar-refractivity contribution in [2.45, 2.75) is 13.1 Å². The summed E-state index contributed by atoms with van der Waals surface area (Å²) >= 11 is 0. The molecule has 0 radical (unpaired) electrons. The van der Waals surface area contributed by atoms with Crippen LogP contribution in [0.1, 0.15) is 15.9 Å². The van der Waals surface area contributed by atoms with Gasteiger partial charge in [-0.3, -0.25) is 5.32 Å². The molecule has 0 spiro atoms. The number of anilines is 1. The number of benzene rings is 1. The van der Waals surface area contributed by atoms with Crippen molar-refractivity contribution in [2.75, 3.05) is 19.0 Å². The van der Waals surface area contributed by atoms with Gasteiger partial charge in [-0.15, -0.1) is 0 Å². The third kappa shape index (κ3) is 4.45. The van der Waals surface area contributed by atoms with Crippen molar-refractivity contribution in [1.29, 1.82) is 0 Å². The Labute approximate surface area is 112 Å². The lowest BCUT2D eigenvalue weighted by Crippen LogP contribution is -2.23. The van der Waals surface area contributed by atoms with Gasteiger partial charge >= 0.3 is 18.2 Å². The first kappa shape index (κ1) is 15.8. The third-order valence-electron chi connectivity index (χ3n) is 2.34. The van der Waals surface area contributed by atoms with E-state index in [4.69, 9.17) is 0 Å². The topological polar surface area (TPSA) is 64.6 Å². The normalized spacial score (nSPS) is 10.8. The van der Waals surface area contributed by atoms with Crippen LogP contribution >= 0.6 is 0 Å². The van der Waals surface area contributed by atoms with Crippen LogP contribution in [0, 0.1) is 6.92 Å². The number of carbonyl (C=O) groups excluding carboxylic acids is 2. The van der Waals surface area contributed by atoms with E-state index in [0.29, 0.717) is 5.56 Å². The number of nitrogens with one attached hydrogen (secondary N) is 1. The quantitative estimate of drug-likeness (QED) is 0.870. The van der Waals surface area contributed by atoms with Crippen LogP contribution in [0.3, 0.4) is 0 Å². The molecule has 110 valence electrons. The van der Waals surface area contributed by atoms with Gasteiger partial charge in [0.25, 0.3) is 0 Å². The van der Waals surface area contributed by atoms with Gasteiger partial charge in [0.1, 0.15) is 0 Å². The number of carbonyl (C=O) groups is 2. The fraction of sp³-hybridized carbons (Fsp3) is 0.333. The minimum absolute atomic E-state index is 0.167. The SMILES string of the molecule is COC(=O)c1cccc(NC(=O)OCC(F)(F)F)c1C. The summed E-state index contributed by atoms with van der Waals surface area (Å²) in [6.45, 7) is -0.166. The van der Waals surface area contributed by atoms with Crippen molar-refractivity contribution in [3.8, 4) is 0 Å². The molecule has 0 aliphatic heterocycles. The molecule has 0 fully saturated rings. The van der Waals surface area contributed by atoms with E-state index in [2.05, 4.69) is 14.8 Å². The van der Waals surface area contributed by atoms with E-state index < -0.39 is 24.8 Å². The highest BCUT2D eigenvalue weighted by Gasteiger charge is 2.29. The van der Waals surface area contributed by atoms with Gasteiger partial charge in [-0.2, -0.15) is 13.2 Å². The largest absolute Gasteiger partial charge is 0.465 e. The van der Waals surface area contributed by atoms with E-state index in [0.717, 1.165) is 0 Å². The number of amides is 1. The average Bonchev–Trinajstić information content (AvgIpc) is 2.37. The van der Waals surface area contributed by atoms with Crippen LogP contribution in [0.25, 0.3) is 0 Å². The summed E-state index contributed by atoms with van der Waals surface area (Å²) < 4.78 is 44.2. The minimum atomic E-state index is -4.60. The molecule has 1 N–H and O–H groups in total. The van der Waals surface area contributed by atoms with Crippen molar-refractivity contribution in [3.05, 3.63) is 29.3 Å². The summed E-state index contributed by atoms with van der Waals surface area (Å²) in [5.74, 6) is -0.616. The second-order valence-corrected chi connectivity index (χ2v) is 3.79. The first-order valence-electron chi connectivity index (χ1n) is 5.43. The lowest BCUT2D eigenvalue weighted by Gasteiger charge is -2.12. The number of rotatable bonds is 3. The molecule has 0 heterocycles. The van der Waals surface area contributed by atoms with Crippen molar-refractivity contribution in [3.63, 3.8) is 0 Å². The lowest BCUT2D eigenvalue weighted by molar-refractivity contribution is -0.159. The predicted molar refractivity (Wildman–Crippen MR) is 63.5 cm³/mol. The van der Waals surface area contributed by atoms with Crippen LogP contribution in [0.4, 0.5) is 23.7 Å². The van der Waals surface area contributed by atoms with Crippen LogP contribution < -0.4 is 5.32 Å². The molecule has 5 nitrogen and oxygen atoms in total. The minimum Gasteiger partial charge on any atom is -0.465 e. The Morgan fingerprint density at radius 1 is 1.30 bits per heavy atom. The smallest absolute Gasteiger partial charge is 0.422 e. The number of esters is 1. The van der Waals surface area contributed by atoms with Crippen LogP contribution in [-0.2, 0) is 9.47 Å². The summed E-state index contributed by atoms with van der Waals surface area (Å²) in [4.78, 5) is 22.6. The van der Waals surface area contributed by atoms with Gasteiger partial charge in [0, 0.05) is 5.69 Å². The summed E-state index contributed by atoms with van der Waals surface area (Å²) in [6.07, 6.45) is -5.85. The fourth-order valence-corrected chi connectivity index (χ4v) is 1.40. The molecule has 0 aromatic heterocycles. The zero-order chi connectivity index (χ0) is 15.3. The molecule has 8 heteroatoms. The molecule has 0 aliphatic rings. The van der Waals surface area contributed by atoms with Crippen LogP contribution in [0.2, 0.25) is 0 Å². The number of ether oxygens (including phenoxy) is 2. The predicted octanol–water partition coefficient (Wildman–Crippen LogP) is 2.89. The number of alkyl halides is 3. The van der Waals surface area contributed by atoms with Gasteiger partial charge < -0.3 is 9.47 Å². The molecule has 0 bridgehead atoms. The Hall–Kier alpha value is -2.25. The van der Waals surface area contributed by atoms with Crippen LogP contribution in [0.15, 0.2) is 18.2 Å². The third-order valence-corrected chi connectivity index (χ3v) is 2.34. The summed E-state index contributed by atoms with van der Waals surface area (Å²) in [5.41, 5.74) is 0.726. The highest BCUT2D eigenvalue weighted by molar-refractivity contribution is 5.95. The maximum Gasteiger partial charge on any atom is 0.422 e. The van der Waals surface area contributed by atoms with E-state index >= 15 is 0 Å². The molecular formula is C12H12F3NO4.